The standard InChI is InChI=1S/C11H11N3O3S/c15-9(16)7-5-17-10(12-7)14-11-13-6-3-1-2-4-8(6)18-11/h5H,1-4H2,(H,15,16)(H,12,13,14). The number of carboxylic acids is 1. The summed E-state index contributed by atoms with van der Waals surface area (Å²) in [4.78, 5) is 20.2. The van der Waals surface area contributed by atoms with E-state index in [-0.39, 0.29) is 11.7 Å². The normalized spacial score (nSPS) is 14.2. The molecule has 0 saturated heterocycles. The van der Waals surface area contributed by atoms with Gasteiger partial charge in [0.25, 0.3) is 0 Å². The molecule has 1 aliphatic carbocycles. The second-order valence-corrected chi connectivity index (χ2v) is 5.15. The Morgan fingerprint density at radius 2 is 2.22 bits per heavy atom. The van der Waals surface area contributed by atoms with Crippen molar-refractivity contribution in [3.05, 3.63) is 22.5 Å². The number of hydrogen-bond donors (Lipinski definition) is 2. The van der Waals surface area contributed by atoms with E-state index >= 15 is 0 Å². The minimum Gasteiger partial charge on any atom is -0.476 e. The van der Waals surface area contributed by atoms with Crippen LogP contribution < -0.4 is 5.32 Å². The number of aryl methyl sites for hydroxylation is 2. The van der Waals surface area contributed by atoms with Crippen LogP contribution in [-0.2, 0) is 12.8 Å². The van der Waals surface area contributed by atoms with E-state index < -0.39 is 5.97 Å². The van der Waals surface area contributed by atoms with Crippen molar-refractivity contribution in [3.8, 4) is 0 Å². The fourth-order valence-corrected chi connectivity index (χ4v) is 2.97. The second kappa shape index (κ2) is 4.41. The van der Waals surface area contributed by atoms with Gasteiger partial charge in [0.15, 0.2) is 10.8 Å². The van der Waals surface area contributed by atoms with Crippen molar-refractivity contribution in [1.29, 1.82) is 0 Å². The maximum absolute atomic E-state index is 10.7. The van der Waals surface area contributed by atoms with Crippen molar-refractivity contribution < 1.29 is 14.3 Å². The first-order chi connectivity index (χ1) is 8.72. The average Bonchev–Trinajstić information content (AvgIpc) is 2.94. The molecule has 0 amide bonds. The van der Waals surface area contributed by atoms with E-state index in [4.69, 9.17) is 9.52 Å². The summed E-state index contributed by atoms with van der Waals surface area (Å²) in [5.41, 5.74) is 1.03. The van der Waals surface area contributed by atoms with E-state index in [1.165, 1.54) is 17.7 Å². The summed E-state index contributed by atoms with van der Waals surface area (Å²) in [5.74, 6) is -1.11. The number of rotatable bonds is 3. The lowest BCUT2D eigenvalue weighted by molar-refractivity contribution is 0.0690. The lowest BCUT2D eigenvalue weighted by Crippen LogP contribution is -1.99. The maximum atomic E-state index is 10.7. The van der Waals surface area contributed by atoms with Crippen molar-refractivity contribution in [1.82, 2.24) is 9.97 Å². The largest absolute Gasteiger partial charge is 0.476 e. The highest BCUT2D eigenvalue weighted by Crippen LogP contribution is 2.30. The lowest BCUT2D eigenvalue weighted by atomic mass is 10.0. The predicted molar refractivity (Wildman–Crippen MR) is 65.5 cm³/mol. The summed E-state index contributed by atoms with van der Waals surface area (Å²) in [7, 11) is 0. The van der Waals surface area contributed by atoms with Crippen LogP contribution in [0.2, 0.25) is 0 Å². The summed E-state index contributed by atoms with van der Waals surface area (Å²) in [6, 6.07) is 0.165. The Balaban J connectivity index is 1.79. The number of carboxylic acid groups (broad SMARTS) is 1. The van der Waals surface area contributed by atoms with Crippen LogP contribution in [0.4, 0.5) is 11.1 Å². The molecular formula is C11H11N3O3S. The molecule has 0 unspecified atom stereocenters. The molecule has 3 rings (SSSR count). The molecular weight excluding hydrogens is 254 g/mol. The molecule has 7 heteroatoms. The number of nitrogens with one attached hydrogen (secondary N) is 1. The van der Waals surface area contributed by atoms with Gasteiger partial charge in [-0.15, -0.1) is 11.3 Å². The highest BCUT2D eigenvalue weighted by atomic mass is 32.1. The van der Waals surface area contributed by atoms with Crippen LogP contribution in [0.5, 0.6) is 0 Å². The molecule has 2 N–H and O–H groups in total. The molecule has 0 atom stereocenters. The monoisotopic (exact) mass is 265 g/mol. The van der Waals surface area contributed by atoms with E-state index in [0.29, 0.717) is 5.13 Å². The van der Waals surface area contributed by atoms with Crippen LogP contribution in [-0.4, -0.2) is 21.0 Å². The summed E-state index contributed by atoms with van der Waals surface area (Å²) in [5, 5.41) is 12.3. The van der Waals surface area contributed by atoms with E-state index in [1.54, 1.807) is 11.3 Å². The molecule has 0 fully saturated rings. The van der Waals surface area contributed by atoms with Crippen LogP contribution in [0.25, 0.3) is 0 Å². The Bertz CT molecular complexity index is 567. The zero-order valence-electron chi connectivity index (χ0n) is 9.47. The quantitative estimate of drug-likeness (QED) is 0.886. The molecule has 94 valence electrons. The van der Waals surface area contributed by atoms with Gasteiger partial charge in [0.05, 0.1) is 5.69 Å². The van der Waals surface area contributed by atoms with Crippen molar-refractivity contribution in [2.24, 2.45) is 0 Å². The van der Waals surface area contributed by atoms with Gasteiger partial charge in [0, 0.05) is 4.88 Å². The molecule has 0 aromatic carbocycles. The molecule has 0 radical (unpaired) electrons. The SMILES string of the molecule is O=C(O)c1coc(Nc2nc3c(s2)CCCC3)n1. The molecule has 2 aromatic rings. The van der Waals surface area contributed by atoms with Gasteiger partial charge in [-0.05, 0) is 25.7 Å². The van der Waals surface area contributed by atoms with E-state index in [9.17, 15) is 4.79 Å². The van der Waals surface area contributed by atoms with Gasteiger partial charge < -0.3 is 9.52 Å². The molecule has 2 aromatic heterocycles. The molecule has 0 spiro atoms. The number of aromatic nitrogens is 2. The van der Waals surface area contributed by atoms with Gasteiger partial charge in [-0.3, -0.25) is 5.32 Å². The van der Waals surface area contributed by atoms with Gasteiger partial charge in [0.1, 0.15) is 6.26 Å². The van der Waals surface area contributed by atoms with E-state index in [1.807, 2.05) is 0 Å². The number of oxazole rings is 1. The Morgan fingerprint density at radius 3 is 2.94 bits per heavy atom. The zero-order valence-corrected chi connectivity index (χ0v) is 10.3. The highest BCUT2D eigenvalue weighted by Gasteiger charge is 2.17. The van der Waals surface area contributed by atoms with E-state index in [2.05, 4.69) is 15.3 Å². The van der Waals surface area contributed by atoms with Gasteiger partial charge in [-0.1, -0.05) is 0 Å². The number of fused-ring (bicyclic) bond motifs is 1. The van der Waals surface area contributed by atoms with Crippen molar-refractivity contribution in [2.45, 2.75) is 25.7 Å². The van der Waals surface area contributed by atoms with Gasteiger partial charge in [0.2, 0.25) is 0 Å². The first kappa shape index (κ1) is 11.2. The number of thiazole rings is 1. The average molecular weight is 265 g/mol. The molecule has 0 aliphatic heterocycles. The van der Waals surface area contributed by atoms with Gasteiger partial charge >= 0.3 is 12.0 Å². The summed E-state index contributed by atoms with van der Waals surface area (Å²) < 4.78 is 5.03. The highest BCUT2D eigenvalue weighted by molar-refractivity contribution is 7.15. The summed E-state index contributed by atoms with van der Waals surface area (Å²) in [6.07, 6.45) is 5.58. The topological polar surface area (TPSA) is 88.2 Å². The Kier molecular flexibility index (Phi) is 2.75. The molecule has 2 heterocycles. The first-order valence-corrected chi connectivity index (χ1v) is 6.48. The predicted octanol–water partition coefficient (Wildman–Crippen LogP) is 2.45. The fraction of sp³-hybridized carbons (Fsp3) is 0.364. The number of nitrogens with zero attached hydrogens (tertiary/aromatic N) is 2. The third kappa shape index (κ3) is 2.08. The van der Waals surface area contributed by atoms with Crippen LogP contribution in [0, 0.1) is 0 Å². The zero-order chi connectivity index (χ0) is 12.5. The third-order valence-electron chi connectivity index (χ3n) is 2.78. The summed E-state index contributed by atoms with van der Waals surface area (Å²) in [6.45, 7) is 0. The van der Waals surface area contributed by atoms with Crippen molar-refractivity contribution >= 4 is 28.5 Å². The molecule has 6 nitrogen and oxygen atoms in total. The molecule has 0 bridgehead atoms. The minimum atomic E-state index is -1.11. The maximum Gasteiger partial charge on any atom is 0.357 e. The summed E-state index contributed by atoms with van der Waals surface area (Å²) >= 11 is 1.58. The Morgan fingerprint density at radius 1 is 1.39 bits per heavy atom. The van der Waals surface area contributed by atoms with Crippen molar-refractivity contribution in [2.75, 3.05) is 5.32 Å². The van der Waals surface area contributed by atoms with Gasteiger partial charge in [-0.2, -0.15) is 4.98 Å². The van der Waals surface area contributed by atoms with Crippen LogP contribution in [0.3, 0.4) is 0 Å². The number of aromatic carboxylic acids is 1. The van der Waals surface area contributed by atoms with Crippen LogP contribution in [0.15, 0.2) is 10.7 Å². The lowest BCUT2D eigenvalue weighted by Gasteiger charge is -2.06. The number of anilines is 2. The number of hydrogen-bond acceptors (Lipinski definition) is 6. The number of carbonyl (C=O) groups is 1. The third-order valence-corrected chi connectivity index (χ3v) is 3.86. The van der Waals surface area contributed by atoms with E-state index in [0.717, 1.165) is 24.8 Å². The van der Waals surface area contributed by atoms with Crippen LogP contribution in [0.1, 0.15) is 33.9 Å². The first-order valence-electron chi connectivity index (χ1n) is 5.67. The molecule has 18 heavy (non-hydrogen) atoms. The fourth-order valence-electron chi connectivity index (χ4n) is 1.93. The molecule has 0 saturated carbocycles. The second-order valence-electron chi connectivity index (χ2n) is 4.06. The smallest absolute Gasteiger partial charge is 0.357 e. The van der Waals surface area contributed by atoms with Gasteiger partial charge in [-0.25, -0.2) is 9.78 Å². The van der Waals surface area contributed by atoms with Crippen molar-refractivity contribution in [3.63, 3.8) is 0 Å². The minimum absolute atomic E-state index is 0.112. The van der Waals surface area contributed by atoms with Crippen LogP contribution >= 0.6 is 11.3 Å². The Hall–Kier alpha value is -1.89. The Labute approximate surface area is 107 Å². The molecule has 1 aliphatic rings.